The Morgan fingerprint density at radius 2 is 2.32 bits per heavy atom. The molecule has 1 atom stereocenters. The fraction of sp³-hybridized carbons (Fsp3) is 0.529. The molecule has 7 nitrogen and oxygen atoms in total. The zero-order chi connectivity index (χ0) is 17.5. The summed E-state index contributed by atoms with van der Waals surface area (Å²) < 4.78 is 12.7. The predicted molar refractivity (Wildman–Crippen MR) is 93.4 cm³/mol. The van der Waals surface area contributed by atoms with Gasteiger partial charge in [0, 0.05) is 23.8 Å². The van der Waals surface area contributed by atoms with Gasteiger partial charge in [0.2, 0.25) is 0 Å². The quantitative estimate of drug-likeness (QED) is 0.528. The molecule has 1 aliphatic heterocycles. The maximum Gasteiger partial charge on any atom is 0.339 e. The van der Waals surface area contributed by atoms with Gasteiger partial charge in [-0.2, -0.15) is 0 Å². The fourth-order valence-corrected chi connectivity index (χ4v) is 3.75. The highest BCUT2D eigenvalue weighted by Gasteiger charge is 2.19. The van der Waals surface area contributed by atoms with Gasteiger partial charge >= 0.3 is 5.97 Å². The predicted octanol–water partition coefficient (Wildman–Crippen LogP) is 2.71. The van der Waals surface area contributed by atoms with Gasteiger partial charge in [0.1, 0.15) is 0 Å². The number of nitrogens with zero attached hydrogens (tertiary/aromatic N) is 4. The molecule has 0 bridgehead atoms. The van der Waals surface area contributed by atoms with Crippen LogP contribution in [0.2, 0.25) is 0 Å². The van der Waals surface area contributed by atoms with E-state index in [2.05, 4.69) is 15.5 Å². The molecule has 3 rings (SSSR count). The Bertz CT molecular complexity index is 701. The molecular formula is C17H22N4O3S. The Hall–Kier alpha value is -1.93. The van der Waals surface area contributed by atoms with E-state index in [1.54, 1.807) is 22.5 Å². The minimum atomic E-state index is -0.360. The van der Waals surface area contributed by atoms with Crippen molar-refractivity contribution in [2.75, 3.05) is 12.4 Å². The van der Waals surface area contributed by atoms with Crippen molar-refractivity contribution >= 4 is 17.7 Å². The average molecular weight is 362 g/mol. The van der Waals surface area contributed by atoms with E-state index in [1.165, 1.54) is 0 Å². The minimum absolute atomic E-state index is 0.0660. The molecule has 2 aromatic rings. The van der Waals surface area contributed by atoms with E-state index < -0.39 is 0 Å². The van der Waals surface area contributed by atoms with Crippen molar-refractivity contribution in [2.24, 2.45) is 0 Å². The fourth-order valence-electron chi connectivity index (χ4n) is 2.64. The van der Waals surface area contributed by atoms with Gasteiger partial charge in [0.15, 0.2) is 12.4 Å². The van der Waals surface area contributed by atoms with E-state index >= 15 is 0 Å². The van der Waals surface area contributed by atoms with E-state index in [0.717, 1.165) is 36.5 Å². The second kappa shape index (κ2) is 8.96. The lowest BCUT2D eigenvalue weighted by molar-refractivity contribution is 0.0452. The van der Waals surface area contributed by atoms with Gasteiger partial charge in [0.25, 0.3) is 0 Å². The smallest absolute Gasteiger partial charge is 0.339 e. The zero-order valence-electron chi connectivity index (χ0n) is 14.3. The first kappa shape index (κ1) is 17.9. The molecule has 1 saturated heterocycles. The number of esters is 1. The van der Waals surface area contributed by atoms with Crippen molar-refractivity contribution in [3.05, 3.63) is 35.7 Å². The van der Waals surface area contributed by atoms with Gasteiger partial charge in [-0.25, -0.2) is 9.48 Å². The highest BCUT2D eigenvalue weighted by Crippen LogP contribution is 2.27. The van der Waals surface area contributed by atoms with Crippen LogP contribution >= 0.6 is 11.8 Å². The Kier molecular flexibility index (Phi) is 6.41. The summed E-state index contributed by atoms with van der Waals surface area (Å²) in [7, 11) is 0. The third-order valence-electron chi connectivity index (χ3n) is 3.93. The molecular weight excluding hydrogens is 340 g/mol. The van der Waals surface area contributed by atoms with Crippen LogP contribution in [0.3, 0.4) is 0 Å². The first-order valence-corrected chi connectivity index (χ1v) is 9.52. The lowest BCUT2D eigenvalue weighted by Gasteiger charge is -2.12. The Morgan fingerprint density at radius 3 is 3.12 bits per heavy atom. The number of thioether (sulfide) groups is 1. The van der Waals surface area contributed by atoms with Crippen molar-refractivity contribution in [1.82, 2.24) is 20.2 Å². The number of aromatic nitrogens is 4. The summed E-state index contributed by atoms with van der Waals surface area (Å²) in [6, 6.07) is 7.50. The summed E-state index contributed by atoms with van der Waals surface area (Å²) in [5.41, 5.74) is 0.569. The molecule has 0 N–H and O–H groups in total. The second-order valence-corrected chi connectivity index (χ2v) is 6.90. The van der Waals surface area contributed by atoms with E-state index in [4.69, 9.17) is 9.47 Å². The highest BCUT2D eigenvalue weighted by atomic mass is 32.2. The Morgan fingerprint density at radius 1 is 1.44 bits per heavy atom. The summed E-state index contributed by atoms with van der Waals surface area (Å²) in [5.74, 6) is 1.04. The molecule has 1 aromatic carbocycles. The van der Waals surface area contributed by atoms with Crippen molar-refractivity contribution in [3.63, 3.8) is 0 Å². The molecule has 0 spiro atoms. The van der Waals surface area contributed by atoms with E-state index in [0.29, 0.717) is 17.9 Å². The third-order valence-corrected chi connectivity index (χ3v) is 5.13. The highest BCUT2D eigenvalue weighted by molar-refractivity contribution is 7.99. The summed E-state index contributed by atoms with van der Waals surface area (Å²) in [6.07, 6.45) is 3.38. The number of aryl methyl sites for hydroxylation is 1. The third kappa shape index (κ3) is 4.79. The van der Waals surface area contributed by atoms with Crippen LogP contribution in [-0.4, -0.2) is 44.6 Å². The molecule has 1 fully saturated rings. The summed E-state index contributed by atoms with van der Waals surface area (Å²) in [4.78, 5) is 13.4. The van der Waals surface area contributed by atoms with Crippen LogP contribution in [-0.2, 0) is 22.6 Å². The van der Waals surface area contributed by atoms with Gasteiger partial charge in [0.05, 0.1) is 11.7 Å². The SMILES string of the molecule is CCCn1nnnc1COC(=O)c1ccccc1SCC1CCCO1. The molecule has 0 radical (unpaired) electrons. The van der Waals surface area contributed by atoms with Crippen LogP contribution in [0.15, 0.2) is 29.2 Å². The zero-order valence-corrected chi connectivity index (χ0v) is 15.1. The number of benzene rings is 1. The molecule has 25 heavy (non-hydrogen) atoms. The lowest BCUT2D eigenvalue weighted by Crippen LogP contribution is -2.12. The monoisotopic (exact) mass is 362 g/mol. The van der Waals surface area contributed by atoms with Gasteiger partial charge in [-0.05, 0) is 41.8 Å². The van der Waals surface area contributed by atoms with E-state index in [1.807, 2.05) is 25.1 Å². The van der Waals surface area contributed by atoms with Crippen molar-refractivity contribution < 1.29 is 14.3 Å². The number of carbonyl (C=O) groups excluding carboxylic acids is 1. The molecule has 1 unspecified atom stereocenters. The van der Waals surface area contributed by atoms with Crippen LogP contribution in [0.25, 0.3) is 0 Å². The standard InChI is InChI=1S/C17H22N4O3S/c1-2-9-21-16(18-19-20-21)11-24-17(22)14-7-3-4-8-15(14)25-12-13-6-5-10-23-13/h3-4,7-8,13H,2,5-6,9-12H2,1H3. The average Bonchev–Trinajstić information content (AvgIpc) is 3.30. The van der Waals surface area contributed by atoms with Crippen LogP contribution in [0.4, 0.5) is 0 Å². The Labute approximate surface area is 151 Å². The molecule has 1 aliphatic rings. The Balaban J connectivity index is 1.60. The van der Waals surface area contributed by atoms with Gasteiger partial charge in [-0.15, -0.1) is 16.9 Å². The molecule has 8 heteroatoms. The van der Waals surface area contributed by atoms with Crippen LogP contribution in [0.1, 0.15) is 42.4 Å². The molecule has 2 heterocycles. The minimum Gasteiger partial charge on any atom is -0.454 e. The second-order valence-electron chi connectivity index (χ2n) is 5.84. The van der Waals surface area contributed by atoms with Crippen LogP contribution in [0.5, 0.6) is 0 Å². The maximum absolute atomic E-state index is 12.5. The lowest BCUT2D eigenvalue weighted by atomic mass is 10.2. The number of tetrazole rings is 1. The van der Waals surface area contributed by atoms with Gasteiger partial charge in [-0.3, -0.25) is 0 Å². The number of rotatable bonds is 8. The number of carbonyl (C=O) groups is 1. The molecule has 1 aromatic heterocycles. The van der Waals surface area contributed by atoms with E-state index in [-0.39, 0.29) is 18.7 Å². The summed E-state index contributed by atoms with van der Waals surface area (Å²) in [5, 5.41) is 11.4. The molecule has 0 saturated carbocycles. The van der Waals surface area contributed by atoms with Gasteiger partial charge in [-0.1, -0.05) is 19.1 Å². The first-order valence-electron chi connectivity index (χ1n) is 8.53. The van der Waals surface area contributed by atoms with Crippen molar-refractivity contribution in [3.8, 4) is 0 Å². The van der Waals surface area contributed by atoms with Crippen molar-refractivity contribution in [1.29, 1.82) is 0 Å². The summed E-state index contributed by atoms with van der Waals surface area (Å²) in [6.45, 7) is 3.64. The molecule has 134 valence electrons. The largest absolute Gasteiger partial charge is 0.454 e. The maximum atomic E-state index is 12.5. The number of hydrogen-bond donors (Lipinski definition) is 0. The van der Waals surface area contributed by atoms with Crippen LogP contribution < -0.4 is 0 Å². The molecule has 0 aliphatic carbocycles. The van der Waals surface area contributed by atoms with Crippen LogP contribution in [0, 0.1) is 0 Å². The topological polar surface area (TPSA) is 79.1 Å². The normalized spacial score (nSPS) is 16.9. The first-order chi connectivity index (χ1) is 12.3. The summed E-state index contributed by atoms with van der Waals surface area (Å²) >= 11 is 1.64. The molecule has 0 amide bonds. The van der Waals surface area contributed by atoms with E-state index in [9.17, 15) is 4.79 Å². The van der Waals surface area contributed by atoms with Gasteiger partial charge < -0.3 is 9.47 Å². The number of hydrogen-bond acceptors (Lipinski definition) is 7. The van der Waals surface area contributed by atoms with Crippen molar-refractivity contribution in [2.45, 2.75) is 50.3 Å². The number of ether oxygens (including phenoxy) is 2.